The molecule has 4 atom stereocenters. The molecule has 0 radical (unpaired) electrons. The largest absolute Gasteiger partial charge is 0.481 e. The summed E-state index contributed by atoms with van der Waals surface area (Å²) < 4.78 is 10.0. The summed E-state index contributed by atoms with van der Waals surface area (Å²) in [5.41, 5.74) is 1.02. The van der Waals surface area contributed by atoms with Crippen LogP contribution in [0.3, 0.4) is 0 Å². The summed E-state index contributed by atoms with van der Waals surface area (Å²) in [6.45, 7) is 0.440. The van der Waals surface area contributed by atoms with Gasteiger partial charge < -0.3 is 14.6 Å². The summed E-state index contributed by atoms with van der Waals surface area (Å²) >= 11 is 0. The average molecular weight is 512 g/mol. The third kappa shape index (κ3) is 6.76. The Morgan fingerprint density at radius 1 is 0.811 bits per heavy atom. The van der Waals surface area contributed by atoms with Gasteiger partial charge >= 0.3 is 17.9 Å². The summed E-state index contributed by atoms with van der Waals surface area (Å²) in [4.78, 5) is 61.4. The van der Waals surface area contributed by atoms with Gasteiger partial charge in [-0.3, -0.25) is 34.0 Å². The molecule has 3 rings (SSSR count). The molecular formula is C27H33N3O7. The molecule has 1 fully saturated rings. The summed E-state index contributed by atoms with van der Waals surface area (Å²) in [7, 11) is 2.43. The molecule has 0 spiro atoms. The highest BCUT2D eigenvalue weighted by atomic mass is 16.5. The first-order valence-electron chi connectivity index (χ1n) is 12.4. The number of piperidine rings is 1. The van der Waals surface area contributed by atoms with Gasteiger partial charge in [-0.1, -0.05) is 31.4 Å². The Hall–Kier alpha value is -3.66. The SMILES string of the molecule is COC(=O)C1C(=O)C(C(=O)OC)[C@H](c2ccccn2)N(CCCCCCCC(=O)O)[C@@H]1c1ccccn1. The van der Waals surface area contributed by atoms with E-state index in [9.17, 15) is 19.2 Å². The van der Waals surface area contributed by atoms with Crippen molar-refractivity contribution < 1.29 is 33.8 Å². The van der Waals surface area contributed by atoms with Gasteiger partial charge in [0.2, 0.25) is 0 Å². The molecule has 2 aromatic heterocycles. The third-order valence-electron chi connectivity index (χ3n) is 6.66. The molecule has 10 nitrogen and oxygen atoms in total. The molecule has 2 aromatic rings. The van der Waals surface area contributed by atoms with E-state index in [4.69, 9.17) is 14.6 Å². The monoisotopic (exact) mass is 511 g/mol. The number of esters is 2. The maximum Gasteiger partial charge on any atom is 0.318 e. The van der Waals surface area contributed by atoms with Crippen LogP contribution in [-0.2, 0) is 28.7 Å². The van der Waals surface area contributed by atoms with Crippen LogP contribution in [0, 0.1) is 11.8 Å². The summed E-state index contributed by atoms with van der Waals surface area (Å²) in [5.74, 6) is -5.44. The van der Waals surface area contributed by atoms with E-state index < -0.39 is 47.6 Å². The zero-order chi connectivity index (χ0) is 26.8. The molecule has 2 unspecified atom stereocenters. The van der Waals surface area contributed by atoms with E-state index in [2.05, 4.69) is 9.97 Å². The topological polar surface area (TPSA) is 136 Å². The summed E-state index contributed by atoms with van der Waals surface area (Å²) in [6.07, 6.45) is 7.05. The number of carboxylic acid groups (broad SMARTS) is 1. The van der Waals surface area contributed by atoms with Gasteiger partial charge in [0.15, 0.2) is 5.78 Å². The number of carbonyl (C=O) groups is 4. The van der Waals surface area contributed by atoms with Crippen molar-refractivity contribution in [3.63, 3.8) is 0 Å². The zero-order valence-corrected chi connectivity index (χ0v) is 21.1. The number of carboxylic acids is 1. The number of rotatable bonds is 12. The predicted molar refractivity (Wildman–Crippen MR) is 132 cm³/mol. The van der Waals surface area contributed by atoms with Crippen molar-refractivity contribution in [2.45, 2.75) is 50.6 Å². The van der Waals surface area contributed by atoms with Crippen molar-refractivity contribution >= 4 is 23.7 Å². The number of carbonyl (C=O) groups excluding carboxylic acids is 3. The van der Waals surface area contributed by atoms with E-state index in [0.717, 1.165) is 19.3 Å². The number of ketones is 1. The number of hydrogen-bond acceptors (Lipinski definition) is 9. The molecule has 1 aliphatic rings. The lowest BCUT2D eigenvalue weighted by molar-refractivity contribution is -0.168. The number of hydrogen-bond donors (Lipinski definition) is 1. The molecule has 1 aliphatic heterocycles. The number of ether oxygens (including phenoxy) is 2. The fourth-order valence-electron chi connectivity index (χ4n) is 4.97. The maximum atomic E-state index is 13.8. The Bertz CT molecular complexity index is 995. The van der Waals surface area contributed by atoms with Crippen LogP contribution < -0.4 is 0 Å². The molecule has 0 aromatic carbocycles. The quantitative estimate of drug-likeness (QED) is 0.257. The number of unbranched alkanes of at least 4 members (excludes halogenated alkanes) is 4. The van der Waals surface area contributed by atoms with Crippen LogP contribution in [0.5, 0.6) is 0 Å². The van der Waals surface area contributed by atoms with Crippen LogP contribution in [-0.4, -0.2) is 64.4 Å². The Balaban J connectivity index is 2.01. The number of methoxy groups -OCH3 is 2. The first-order chi connectivity index (χ1) is 17.9. The molecular weight excluding hydrogens is 478 g/mol. The normalized spacial score (nSPS) is 21.8. The first-order valence-corrected chi connectivity index (χ1v) is 12.4. The van der Waals surface area contributed by atoms with Crippen LogP contribution in [0.2, 0.25) is 0 Å². The van der Waals surface area contributed by atoms with E-state index in [0.29, 0.717) is 30.8 Å². The van der Waals surface area contributed by atoms with Gasteiger partial charge in [0.1, 0.15) is 11.8 Å². The third-order valence-corrected chi connectivity index (χ3v) is 6.66. The van der Waals surface area contributed by atoms with Gasteiger partial charge in [-0.2, -0.15) is 0 Å². The number of Topliss-reactive ketones (excluding diaryl/α,β-unsaturated/α-hetero) is 1. The predicted octanol–water partition coefficient (Wildman–Crippen LogP) is 3.15. The standard InChI is InChI=1S/C27H33N3O7/c1-36-26(34)21-23(18-12-7-9-15-28-18)30(17-11-5-3-4-6-14-20(31)32)24(19-13-8-10-16-29-19)22(25(21)33)27(35)37-2/h7-10,12-13,15-16,21-24H,3-6,11,14,17H2,1-2H3,(H,31,32)/t21?,22?,23-,24+. The van der Waals surface area contributed by atoms with Gasteiger partial charge in [-0.25, -0.2) is 0 Å². The zero-order valence-electron chi connectivity index (χ0n) is 21.1. The van der Waals surface area contributed by atoms with Crippen LogP contribution >= 0.6 is 0 Å². The lowest BCUT2D eigenvalue weighted by Crippen LogP contribution is -2.56. The fourth-order valence-corrected chi connectivity index (χ4v) is 4.97. The Kier molecular flexibility index (Phi) is 10.3. The fraction of sp³-hybridized carbons (Fsp3) is 0.481. The van der Waals surface area contributed by atoms with E-state index >= 15 is 0 Å². The molecule has 1 N–H and O–H groups in total. The molecule has 10 heteroatoms. The lowest BCUT2D eigenvalue weighted by Gasteiger charge is -2.46. The van der Waals surface area contributed by atoms with Crippen molar-refractivity contribution in [1.82, 2.24) is 14.9 Å². The van der Waals surface area contributed by atoms with Crippen LogP contribution in [0.25, 0.3) is 0 Å². The minimum Gasteiger partial charge on any atom is -0.481 e. The lowest BCUT2D eigenvalue weighted by atomic mass is 9.74. The van der Waals surface area contributed by atoms with Gasteiger partial charge in [0.05, 0.1) is 37.7 Å². The van der Waals surface area contributed by atoms with Crippen molar-refractivity contribution in [2.24, 2.45) is 11.8 Å². The molecule has 0 bridgehead atoms. The maximum absolute atomic E-state index is 13.8. The van der Waals surface area contributed by atoms with Crippen molar-refractivity contribution in [3.05, 3.63) is 60.2 Å². The molecule has 0 amide bonds. The molecule has 198 valence electrons. The Morgan fingerprint density at radius 3 is 1.73 bits per heavy atom. The minimum absolute atomic E-state index is 0.138. The van der Waals surface area contributed by atoms with Crippen LogP contribution in [0.4, 0.5) is 0 Å². The molecule has 1 saturated heterocycles. The second kappa shape index (κ2) is 13.6. The summed E-state index contributed by atoms with van der Waals surface area (Å²) in [5, 5.41) is 8.84. The number of pyridine rings is 2. The molecule has 3 heterocycles. The van der Waals surface area contributed by atoms with Gasteiger partial charge in [-0.05, 0) is 43.7 Å². The molecule has 37 heavy (non-hydrogen) atoms. The number of likely N-dealkylation sites (tertiary alicyclic amines) is 1. The van der Waals surface area contributed by atoms with Gasteiger partial charge in [-0.15, -0.1) is 0 Å². The highest BCUT2D eigenvalue weighted by Crippen LogP contribution is 2.46. The van der Waals surface area contributed by atoms with Crippen molar-refractivity contribution in [1.29, 1.82) is 0 Å². The summed E-state index contributed by atoms with van der Waals surface area (Å²) in [6, 6.07) is 9.00. The molecule has 0 aliphatic carbocycles. The van der Waals surface area contributed by atoms with E-state index in [1.54, 1.807) is 48.8 Å². The molecule has 0 saturated carbocycles. The van der Waals surface area contributed by atoms with E-state index in [1.807, 2.05) is 4.90 Å². The van der Waals surface area contributed by atoms with Gasteiger partial charge in [0, 0.05) is 18.8 Å². The van der Waals surface area contributed by atoms with Crippen LogP contribution in [0.15, 0.2) is 48.8 Å². The van der Waals surface area contributed by atoms with E-state index in [-0.39, 0.29) is 6.42 Å². The highest BCUT2D eigenvalue weighted by molar-refractivity contribution is 6.10. The van der Waals surface area contributed by atoms with Gasteiger partial charge in [0.25, 0.3) is 0 Å². The smallest absolute Gasteiger partial charge is 0.318 e. The van der Waals surface area contributed by atoms with Crippen molar-refractivity contribution in [3.8, 4) is 0 Å². The Morgan fingerprint density at radius 2 is 1.30 bits per heavy atom. The Labute approximate surface area is 216 Å². The second-order valence-electron chi connectivity index (χ2n) is 8.95. The number of nitrogens with zero attached hydrogens (tertiary/aromatic N) is 3. The first kappa shape index (κ1) is 27.9. The number of aliphatic carboxylic acids is 1. The minimum atomic E-state index is -1.28. The second-order valence-corrected chi connectivity index (χ2v) is 8.95. The average Bonchev–Trinajstić information content (AvgIpc) is 2.92. The van der Waals surface area contributed by atoms with Crippen LogP contribution in [0.1, 0.15) is 62.0 Å². The number of aromatic nitrogens is 2. The van der Waals surface area contributed by atoms with Crippen molar-refractivity contribution in [2.75, 3.05) is 20.8 Å². The van der Waals surface area contributed by atoms with E-state index in [1.165, 1.54) is 14.2 Å². The highest BCUT2D eigenvalue weighted by Gasteiger charge is 2.56.